The van der Waals surface area contributed by atoms with Crippen LogP contribution in [0.1, 0.15) is 11.1 Å². The molecule has 13 heavy (non-hydrogen) atoms. The molecular weight excluding hydrogens is 186 g/mol. The molecule has 1 aliphatic heterocycles. The Morgan fingerprint density at radius 1 is 0.846 bits per heavy atom. The molecule has 0 radical (unpaired) electrons. The van der Waals surface area contributed by atoms with Crippen molar-refractivity contribution >= 4 is 24.6 Å². The van der Waals surface area contributed by atoms with E-state index < -0.39 is 0 Å². The zero-order chi connectivity index (χ0) is 7.52. The van der Waals surface area contributed by atoms with Crippen LogP contribution in [-0.4, -0.2) is 5.48 Å². The molecule has 1 aliphatic rings. The van der Waals surface area contributed by atoms with Gasteiger partial charge in [0.2, 0.25) is 0 Å². The van der Waals surface area contributed by atoms with Gasteiger partial charge in [-0.05, 0) is 23.3 Å². The van der Waals surface area contributed by atoms with Gasteiger partial charge < -0.3 is 10.8 Å². The van der Waals surface area contributed by atoms with E-state index in [2.05, 4.69) is 29.6 Å². The van der Waals surface area contributed by atoms with Crippen LogP contribution < -0.4 is 5.32 Å². The van der Waals surface area contributed by atoms with Crippen LogP contribution in [0.25, 0.3) is 12.2 Å². The molecule has 0 bridgehead atoms. The van der Waals surface area contributed by atoms with Crippen LogP contribution in [0.2, 0.25) is 0 Å². The van der Waals surface area contributed by atoms with Gasteiger partial charge in [0.15, 0.2) is 0 Å². The highest BCUT2D eigenvalue weighted by atomic mass is 35.5. The number of hydrogen-bond acceptors (Lipinski definition) is 1. The maximum atomic E-state index is 3.03. The van der Waals surface area contributed by atoms with E-state index in [1.54, 1.807) is 0 Å². The van der Waals surface area contributed by atoms with E-state index in [0.717, 1.165) is 0 Å². The highest BCUT2D eigenvalue weighted by Crippen LogP contribution is 2.13. The van der Waals surface area contributed by atoms with Crippen LogP contribution in [0.15, 0.2) is 36.7 Å². The van der Waals surface area contributed by atoms with Crippen molar-refractivity contribution in [2.75, 3.05) is 0 Å². The lowest BCUT2D eigenvalue weighted by atomic mass is 10.1. The number of rotatable bonds is 0. The van der Waals surface area contributed by atoms with Gasteiger partial charge in [-0.2, -0.15) is 0 Å². The van der Waals surface area contributed by atoms with E-state index >= 15 is 0 Å². The van der Waals surface area contributed by atoms with Gasteiger partial charge in [-0.25, -0.2) is 0 Å². The summed E-state index contributed by atoms with van der Waals surface area (Å²) in [5.74, 6) is 0. The molecule has 3 N–H and O–H groups in total. The fraction of sp³-hybridized carbons (Fsp3) is 0. The van der Waals surface area contributed by atoms with Crippen LogP contribution in [0.4, 0.5) is 0 Å². The van der Waals surface area contributed by atoms with E-state index in [0.29, 0.717) is 0 Å². The topological polar surface area (TPSA) is 43.5 Å². The molecule has 1 heterocycles. The maximum absolute atomic E-state index is 3.03. The third-order valence-electron chi connectivity index (χ3n) is 1.71. The maximum Gasteiger partial charge on any atom is 0.00106 e. The fourth-order valence-electron chi connectivity index (χ4n) is 1.15. The summed E-state index contributed by atoms with van der Waals surface area (Å²) in [7, 11) is 0. The minimum atomic E-state index is 0. The Hall–Kier alpha value is -1.25. The van der Waals surface area contributed by atoms with Crippen molar-refractivity contribution in [3.8, 4) is 0 Å². The van der Waals surface area contributed by atoms with Gasteiger partial charge in [0.25, 0.3) is 0 Å². The Bertz CT molecular complexity index is 289. The van der Waals surface area contributed by atoms with Gasteiger partial charge in [-0.15, -0.1) is 12.4 Å². The summed E-state index contributed by atoms with van der Waals surface area (Å²) >= 11 is 0. The number of hydrogen-bond donors (Lipinski definition) is 1. The van der Waals surface area contributed by atoms with Crippen molar-refractivity contribution < 1.29 is 5.48 Å². The van der Waals surface area contributed by atoms with E-state index in [1.165, 1.54) is 11.1 Å². The summed E-state index contributed by atoms with van der Waals surface area (Å²) in [6, 6.07) is 8.29. The first-order valence-corrected chi connectivity index (χ1v) is 3.65. The average Bonchev–Trinajstić information content (AvgIpc) is 2.28. The molecule has 0 saturated carbocycles. The minimum Gasteiger partial charge on any atom is -0.412 e. The fourth-order valence-corrected chi connectivity index (χ4v) is 1.15. The highest BCUT2D eigenvalue weighted by Gasteiger charge is 1.94. The molecule has 0 unspecified atom stereocenters. The quantitative estimate of drug-likeness (QED) is 0.678. The molecule has 0 spiro atoms. The van der Waals surface area contributed by atoms with Crippen LogP contribution in [0.5, 0.6) is 0 Å². The molecule has 0 fully saturated rings. The summed E-state index contributed by atoms with van der Waals surface area (Å²) in [5.41, 5.74) is 2.52. The molecule has 0 aromatic heterocycles. The average molecular weight is 198 g/mol. The first-order valence-electron chi connectivity index (χ1n) is 3.65. The smallest absolute Gasteiger partial charge is 0.00106 e. The van der Waals surface area contributed by atoms with Crippen LogP contribution in [0.3, 0.4) is 0 Å². The largest absolute Gasteiger partial charge is 0.412 e. The van der Waals surface area contributed by atoms with E-state index in [4.69, 9.17) is 0 Å². The Balaban J connectivity index is 0.000000720. The molecule has 2 rings (SSSR count). The third-order valence-corrected chi connectivity index (χ3v) is 1.71. The van der Waals surface area contributed by atoms with E-state index in [-0.39, 0.29) is 17.9 Å². The van der Waals surface area contributed by atoms with Crippen molar-refractivity contribution in [2.45, 2.75) is 0 Å². The number of benzene rings is 1. The van der Waals surface area contributed by atoms with Crippen LogP contribution in [0, 0.1) is 0 Å². The molecule has 2 nitrogen and oxygen atoms in total. The van der Waals surface area contributed by atoms with Crippen LogP contribution >= 0.6 is 12.4 Å². The molecule has 0 amide bonds. The minimum absolute atomic E-state index is 0. The van der Waals surface area contributed by atoms with Gasteiger partial charge in [-0.1, -0.05) is 24.3 Å². The zero-order valence-corrected chi connectivity index (χ0v) is 7.84. The Labute approximate surface area is 83.7 Å². The normalized spacial score (nSPS) is 11.4. The Morgan fingerprint density at radius 3 is 1.77 bits per heavy atom. The van der Waals surface area contributed by atoms with E-state index in [9.17, 15) is 0 Å². The lowest BCUT2D eigenvalue weighted by molar-refractivity contribution is 0.824. The van der Waals surface area contributed by atoms with Gasteiger partial charge in [-0.3, -0.25) is 0 Å². The van der Waals surface area contributed by atoms with Gasteiger partial charge in [0, 0.05) is 12.4 Å². The summed E-state index contributed by atoms with van der Waals surface area (Å²) < 4.78 is 0. The number of nitrogens with one attached hydrogen (secondary N) is 1. The second kappa shape index (κ2) is 5.41. The first-order chi connectivity index (χ1) is 5.47. The predicted molar refractivity (Wildman–Crippen MR) is 58.5 cm³/mol. The Morgan fingerprint density at radius 2 is 1.31 bits per heavy atom. The number of halogens is 1. The first kappa shape index (κ1) is 11.8. The zero-order valence-electron chi connectivity index (χ0n) is 7.03. The molecule has 1 aromatic rings. The lowest BCUT2D eigenvalue weighted by Gasteiger charge is -1.95. The molecule has 0 saturated heterocycles. The Kier molecular flexibility index (Phi) is 4.89. The molecule has 3 heteroatoms. The summed E-state index contributed by atoms with van der Waals surface area (Å²) in [5, 5.41) is 3.03. The summed E-state index contributed by atoms with van der Waals surface area (Å²) in [6.07, 6.45) is 8.00. The van der Waals surface area contributed by atoms with Gasteiger partial charge in [0.05, 0.1) is 0 Å². The monoisotopic (exact) mass is 197 g/mol. The third kappa shape index (κ3) is 2.61. The van der Waals surface area contributed by atoms with Crippen molar-refractivity contribution in [2.24, 2.45) is 0 Å². The van der Waals surface area contributed by atoms with E-state index in [1.807, 2.05) is 24.5 Å². The molecule has 70 valence electrons. The lowest BCUT2D eigenvalue weighted by Crippen LogP contribution is -1.86. The van der Waals surface area contributed by atoms with Gasteiger partial charge in [0.1, 0.15) is 0 Å². The molecular formula is C10H12ClNO. The highest BCUT2D eigenvalue weighted by molar-refractivity contribution is 5.85. The van der Waals surface area contributed by atoms with Crippen molar-refractivity contribution in [3.63, 3.8) is 0 Å². The van der Waals surface area contributed by atoms with Crippen molar-refractivity contribution in [1.82, 2.24) is 5.32 Å². The van der Waals surface area contributed by atoms with Gasteiger partial charge >= 0.3 is 0 Å². The summed E-state index contributed by atoms with van der Waals surface area (Å²) in [4.78, 5) is 0. The number of fused-ring (bicyclic) bond motifs is 1. The second-order valence-electron chi connectivity index (χ2n) is 2.46. The SMILES string of the molecule is C1=Cc2ccccc2C=CN1.Cl.O. The van der Waals surface area contributed by atoms with Crippen molar-refractivity contribution in [3.05, 3.63) is 47.8 Å². The van der Waals surface area contributed by atoms with Crippen LogP contribution in [-0.2, 0) is 0 Å². The predicted octanol–water partition coefficient (Wildman–Crippen LogP) is 1.83. The molecule has 1 aromatic carbocycles. The summed E-state index contributed by atoms with van der Waals surface area (Å²) in [6.45, 7) is 0. The molecule has 0 atom stereocenters. The molecule has 0 aliphatic carbocycles. The van der Waals surface area contributed by atoms with Crippen molar-refractivity contribution in [1.29, 1.82) is 0 Å². The standard InChI is InChI=1S/C10H9N.ClH.H2O/c1-2-4-10-6-8-11-7-5-9(10)3-1;;/h1-8,11H;1H;1H2. The second-order valence-corrected chi connectivity index (χ2v) is 2.46.